The second-order valence-electron chi connectivity index (χ2n) is 19.6. The molecule has 0 aliphatic carbocycles. The number of halogens is 6. The Balaban J connectivity index is 0.000000226. The third-order valence-electron chi connectivity index (χ3n) is 13.5. The molecule has 0 amide bonds. The molecule has 11 heteroatoms. The van der Waals surface area contributed by atoms with Crippen LogP contribution in [0.1, 0.15) is 111 Å². The van der Waals surface area contributed by atoms with E-state index in [-0.39, 0.29) is 22.6 Å². The molecule has 0 aliphatic heterocycles. The second-order valence-corrected chi connectivity index (χ2v) is 23.3. The van der Waals surface area contributed by atoms with Crippen molar-refractivity contribution in [1.29, 1.82) is 0 Å². The summed E-state index contributed by atoms with van der Waals surface area (Å²) < 4.78 is 56.8. The number of aliphatic imine (C=N–C) groups is 2. The molecule has 0 aliphatic rings. The standard InChI is InChI=1S/2C31H29F2NO.2ClH.Zr/c2*1-30(2,22-12-7-5-8-13-22)24-18-21(20-34-28-26(32)16-11-17-27(28)33)29(35)25(19-24)31(3,4)23-14-9-6-10-15-23;;;/h2*5-20,35H,1-4H3;2*1H;/q;;;;+4/p-4. The number of hydrogen-bond acceptors (Lipinski definition) is 4. The van der Waals surface area contributed by atoms with Crippen molar-refractivity contribution in [3.05, 3.63) is 261 Å². The predicted octanol–water partition coefficient (Wildman–Crippen LogP) is 16.3. The molecule has 8 aromatic rings. The first kappa shape index (κ1) is 56.2. The van der Waals surface area contributed by atoms with Gasteiger partial charge in [-0.15, -0.1) is 0 Å². The molecular weight excluding hydrogens is 1040 g/mol. The van der Waals surface area contributed by atoms with Gasteiger partial charge in [0, 0.05) is 34.1 Å². The third kappa shape index (κ3) is 13.0. The molecule has 73 heavy (non-hydrogen) atoms. The SMILES string of the molecule is CC(C)(c1ccccc1)c1cc(C=Nc2c(F)cccc2F)c([O-])c(C(C)(C)c2ccccc2)c1.CC(C)(c1ccccc1)c1cc(C=Nc2c(F)cccc2F)c([O-])c(C(C)(C)c2ccccc2)c1.[Cl][Zr+2][Cl]. The Morgan fingerprint density at radius 3 is 0.877 bits per heavy atom. The molecule has 0 saturated carbocycles. The van der Waals surface area contributed by atoms with Gasteiger partial charge in [0.25, 0.3) is 0 Å². The van der Waals surface area contributed by atoms with Gasteiger partial charge in [-0.25, -0.2) is 17.6 Å². The molecule has 8 aromatic carbocycles. The summed E-state index contributed by atoms with van der Waals surface area (Å²) in [5.74, 6) is -3.55. The molecule has 0 atom stereocenters. The Morgan fingerprint density at radius 1 is 0.370 bits per heavy atom. The predicted molar refractivity (Wildman–Crippen MR) is 285 cm³/mol. The van der Waals surface area contributed by atoms with E-state index in [0.717, 1.165) is 57.6 Å². The summed E-state index contributed by atoms with van der Waals surface area (Å²) in [6, 6.07) is 54.4. The van der Waals surface area contributed by atoms with Crippen LogP contribution in [-0.4, -0.2) is 12.4 Å². The van der Waals surface area contributed by atoms with Crippen LogP contribution in [0.15, 0.2) is 192 Å². The number of nitrogens with zero attached hydrogens (tertiary/aromatic N) is 2. The van der Waals surface area contributed by atoms with E-state index in [4.69, 9.17) is 17.0 Å². The maximum absolute atomic E-state index is 14.2. The van der Waals surface area contributed by atoms with Crippen molar-refractivity contribution < 1.29 is 48.6 Å². The summed E-state index contributed by atoms with van der Waals surface area (Å²) in [7, 11) is 9.87. The van der Waals surface area contributed by atoms with Crippen LogP contribution in [0.25, 0.3) is 0 Å². The van der Waals surface area contributed by atoms with Gasteiger partial charge in [-0.2, -0.15) is 0 Å². The second kappa shape index (κ2) is 24.3. The van der Waals surface area contributed by atoms with E-state index < -0.39 is 77.2 Å². The fraction of sp³-hybridized carbons (Fsp3) is 0.194. The van der Waals surface area contributed by atoms with Crippen molar-refractivity contribution in [3.8, 4) is 11.5 Å². The first-order valence-corrected chi connectivity index (χ1v) is 29.9. The normalized spacial score (nSPS) is 11.9. The van der Waals surface area contributed by atoms with E-state index in [1.54, 1.807) is 12.1 Å². The minimum absolute atomic E-state index is 0.216. The summed E-state index contributed by atoms with van der Waals surface area (Å²) in [6.07, 6.45) is 2.55. The molecule has 0 saturated heterocycles. The number of benzene rings is 8. The number of para-hydroxylation sites is 2. The first-order valence-electron chi connectivity index (χ1n) is 23.5. The Hall–Kier alpha value is -6.12. The minimum atomic E-state index is -0.826. The van der Waals surface area contributed by atoms with Gasteiger partial charge < -0.3 is 10.2 Å². The van der Waals surface area contributed by atoms with Gasteiger partial charge in [0.15, 0.2) is 23.3 Å². The summed E-state index contributed by atoms with van der Waals surface area (Å²) in [6.45, 7) is 16.4. The maximum atomic E-state index is 14.2. The van der Waals surface area contributed by atoms with Gasteiger partial charge in [0.05, 0.1) is 0 Å². The van der Waals surface area contributed by atoms with E-state index in [0.29, 0.717) is 11.1 Å². The molecule has 0 N–H and O–H groups in total. The van der Waals surface area contributed by atoms with Crippen molar-refractivity contribution in [2.45, 2.75) is 77.0 Å². The molecule has 0 bridgehead atoms. The van der Waals surface area contributed by atoms with Gasteiger partial charge in [0.2, 0.25) is 0 Å². The molecule has 8 rings (SSSR count). The molecular formula is C62H56Cl2F4N2O2Zr. The van der Waals surface area contributed by atoms with E-state index in [9.17, 15) is 27.8 Å². The van der Waals surface area contributed by atoms with Crippen molar-refractivity contribution in [2.24, 2.45) is 9.98 Å². The quantitative estimate of drug-likeness (QED) is 0.0903. The van der Waals surface area contributed by atoms with E-state index >= 15 is 0 Å². The first-order chi connectivity index (χ1) is 34.7. The Morgan fingerprint density at radius 2 is 0.616 bits per heavy atom. The van der Waals surface area contributed by atoms with Crippen molar-refractivity contribution in [1.82, 2.24) is 0 Å². The van der Waals surface area contributed by atoms with Crippen LogP contribution in [0.2, 0.25) is 0 Å². The van der Waals surface area contributed by atoms with Crippen LogP contribution >= 0.6 is 17.0 Å². The zero-order valence-electron chi connectivity index (χ0n) is 42.0. The summed E-state index contributed by atoms with van der Waals surface area (Å²) in [4.78, 5) is 8.11. The average Bonchev–Trinajstić information content (AvgIpc) is 3.38. The van der Waals surface area contributed by atoms with E-state index in [2.05, 4.69) is 61.9 Å². The van der Waals surface area contributed by atoms with Crippen molar-refractivity contribution >= 4 is 40.8 Å². The topological polar surface area (TPSA) is 70.8 Å². The van der Waals surface area contributed by atoms with Gasteiger partial charge >= 0.3 is 37.9 Å². The van der Waals surface area contributed by atoms with Crippen LogP contribution in [0, 0.1) is 23.3 Å². The molecule has 0 heterocycles. The molecule has 0 unspecified atom stereocenters. The Labute approximate surface area is 445 Å². The third-order valence-corrected chi connectivity index (χ3v) is 13.5. The van der Waals surface area contributed by atoms with E-state index in [1.807, 2.05) is 137 Å². The van der Waals surface area contributed by atoms with Crippen LogP contribution in [0.5, 0.6) is 11.5 Å². The van der Waals surface area contributed by atoms with Gasteiger partial charge in [-0.1, -0.05) is 212 Å². The van der Waals surface area contributed by atoms with Crippen LogP contribution in [-0.2, 0) is 42.5 Å². The number of rotatable bonds is 12. The van der Waals surface area contributed by atoms with E-state index in [1.165, 1.54) is 24.6 Å². The van der Waals surface area contributed by atoms with Gasteiger partial charge in [-0.3, -0.25) is 9.98 Å². The number of hydrogen-bond donors (Lipinski definition) is 0. The summed E-state index contributed by atoms with van der Waals surface area (Å²) in [5.41, 5.74) is 4.87. The fourth-order valence-corrected chi connectivity index (χ4v) is 8.70. The Kier molecular flexibility index (Phi) is 18.7. The summed E-state index contributed by atoms with van der Waals surface area (Å²) in [5, 5.41) is 27.4. The fourth-order valence-electron chi connectivity index (χ4n) is 8.70. The molecule has 0 radical (unpaired) electrons. The Bertz CT molecular complexity index is 2930. The molecule has 0 fully saturated rings. The zero-order valence-corrected chi connectivity index (χ0v) is 45.9. The molecule has 4 nitrogen and oxygen atoms in total. The van der Waals surface area contributed by atoms with Crippen LogP contribution in [0.3, 0.4) is 0 Å². The monoisotopic (exact) mass is 1100 g/mol. The van der Waals surface area contributed by atoms with Crippen molar-refractivity contribution in [2.75, 3.05) is 0 Å². The van der Waals surface area contributed by atoms with Gasteiger partial charge in [-0.05, 0) is 92.0 Å². The van der Waals surface area contributed by atoms with Crippen molar-refractivity contribution in [3.63, 3.8) is 0 Å². The average molecular weight is 1100 g/mol. The van der Waals surface area contributed by atoms with Crippen LogP contribution in [0.4, 0.5) is 28.9 Å². The summed E-state index contributed by atoms with van der Waals surface area (Å²) >= 11 is -0.826. The van der Waals surface area contributed by atoms with Crippen LogP contribution < -0.4 is 10.2 Å². The molecule has 0 aromatic heterocycles. The molecule has 372 valence electrons. The molecule has 0 spiro atoms. The zero-order chi connectivity index (χ0) is 53.1. The van der Waals surface area contributed by atoms with Gasteiger partial charge in [0.1, 0.15) is 11.4 Å².